The number of hydrogen-bond donors (Lipinski definition) is 0. The molecule has 1 aliphatic heterocycles. The van der Waals surface area contributed by atoms with Crippen LogP contribution in [0.1, 0.15) is 26.3 Å². The SMILES string of the molecule is CC(=C1C(=O)OC(C)(C)OC1=O)c1ccsc1. The fraction of sp³-hybridized carbons (Fsp3) is 0.333. The van der Waals surface area contributed by atoms with Gasteiger partial charge in [-0.2, -0.15) is 11.3 Å². The van der Waals surface area contributed by atoms with E-state index in [2.05, 4.69) is 0 Å². The van der Waals surface area contributed by atoms with Crippen molar-refractivity contribution in [2.75, 3.05) is 0 Å². The van der Waals surface area contributed by atoms with Crippen LogP contribution in [0.15, 0.2) is 22.4 Å². The first-order chi connectivity index (χ1) is 7.91. The maximum absolute atomic E-state index is 11.8. The van der Waals surface area contributed by atoms with Crippen LogP contribution in [0.5, 0.6) is 0 Å². The predicted molar refractivity (Wildman–Crippen MR) is 63.2 cm³/mol. The van der Waals surface area contributed by atoms with E-state index in [0.29, 0.717) is 5.57 Å². The van der Waals surface area contributed by atoms with Gasteiger partial charge in [-0.1, -0.05) is 0 Å². The number of hydrogen-bond acceptors (Lipinski definition) is 5. The van der Waals surface area contributed by atoms with Crippen molar-refractivity contribution in [3.05, 3.63) is 28.0 Å². The van der Waals surface area contributed by atoms with Gasteiger partial charge in [-0.15, -0.1) is 0 Å². The number of ether oxygens (including phenoxy) is 2. The molecular weight excluding hydrogens is 240 g/mol. The normalized spacial score (nSPS) is 18.6. The standard InChI is InChI=1S/C12H12O4S/c1-7(8-4-5-17-6-8)9-10(13)15-12(2,3)16-11(9)14/h4-6H,1-3H3. The molecule has 2 rings (SSSR count). The van der Waals surface area contributed by atoms with Gasteiger partial charge in [0, 0.05) is 13.8 Å². The Hall–Kier alpha value is -1.62. The molecule has 90 valence electrons. The van der Waals surface area contributed by atoms with E-state index in [1.807, 2.05) is 16.8 Å². The minimum atomic E-state index is -1.19. The molecule has 0 aliphatic carbocycles. The molecule has 0 saturated carbocycles. The van der Waals surface area contributed by atoms with E-state index in [-0.39, 0.29) is 5.57 Å². The molecule has 0 bridgehead atoms. The second-order valence-corrected chi connectivity index (χ2v) is 4.97. The van der Waals surface area contributed by atoms with Crippen molar-refractivity contribution in [1.82, 2.24) is 0 Å². The summed E-state index contributed by atoms with van der Waals surface area (Å²) >= 11 is 1.50. The molecule has 2 heterocycles. The Bertz CT molecular complexity index is 475. The molecule has 1 aliphatic rings. The van der Waals surface area contributed by atoms with Crippen LogP contribution in [0.25, 0.3) is 5.57 Å². The average Bonchev–Trinajstić information content (AvgIpc) is 2.66. The number of esters is 2. The van der Waals surface area contributed by atoms with Gasteiger partial charge in [-0.25, -0.2) is 9.59 Å². The fourth-order valence-electron chi connectivity index (χ4n) is 1.58. The zero-order chi connectivity index (χ0) is 12.6. The molecule has 4 nitrogen and oxygen atoms in total. The molecule has 1 fully saturated rings. The minimum absolute atomic E-state index is 0.0253. The zero-order valence-electron chi connectivity index (χ0n) is 9.77. The van der Waals surface area contributed by atoms with Crippen molar-refractivity contribution in [3.8, 4) is 0 Å². The molecule has 1 saturated heterocycles. The largest absolute Gasteiger partial charge is 0.419 e. The summed E-state index contributed by atoms with van der Waals surface area (Å²) in [7, 11) is 0. The molecule has 0 N–H and O–H groups in total. The van der Waals surface area contributed by atoms with E-state index >= 15 is 0 Å². The van der Waals surface area contributed by atoms with Gasteiger partial charge in [0.05, 0.1) is 0 Å². The van der Waals surface area contributed by atoms with Crippen LogP contribution in [0.3, 0.4) is 0 Å². The minimum Gasteiger partial charge on any atom is -0.419 e. The monoisotopic (exact) mass is 252 g/mol. The third kappa shape index (κ3) is 2.24. The summed E-state index contributed by atoms with van der Waals surface area (Å²) in [4.78, 5) is 23.6. The van der Waals surface area contributed by atoms with E-state index in [1.165, 1.54) is 25.2 Å². The number of thiophene rings is 1. The zero-order valence-corrected chi connectivity index (χ0v) is 10.6. The summed E-state index contributed by atoms with van der Waals surface area (Å²) in [5.41, 5.74) is 1.39. The van der Waals surface area contributed by atoms with Crippen LogP contribution in [0, 0.1) is 0 Å². The maximum Gasteiger partial charge on any atom is 0.349 e. The van der Waals surface area contributed by atoms with Gasteiger partial charge in [-0.3, -0.25) is 0 Å². The molecule has 0 radical (unpaired) electrons. The highest BCUT2D eigenvalue weighted by Crippen LogP contribution is 2.29. The first-order valence-electron chi connectivity index (χ1n) is 5.11. The number of rotatable bonds is 1. The molecule has 5 heteroatoms. The summed E-state index contributed by atoms with van der Waals surface area (Å²) in [5.74, 6) is -2.45. The van der Waals surface area contributed by atoms with Crippen molar-refractivity contribution in [2.45, 2.75) is 26.6 Å². The fourth-order valence-corrected chi connectivity index (χ4v) is 2.29. The number of carbonyl (C=O) groups excluding carboxylic acids is 2. The number of allylic oxidation sites excluding steroid dienone is 1. The van der Waals surface area contributed by atoms with E-state index in [9.17, 15) is 9.59 Å². The summed E-state index contributed by atoms with van der Waals surface area (Å²) in [5, 5.41) is 3.74. The van der Waals surface area contributed by atoms with E-state index in [0.717, 1.165) is 5.56 Å². The smallest absolute Gasteiger partial charge is 0.349 e. The quantitative estimate of drug-likeness (QED) is 0.437. The predicted octanol–water partition coefficient (Wildman–Crippen LogP) is 2.36. The van der Waals surface area contributed by atoms with Gasteiger partial charge in [0.25, 0.3) is 5.79 Å². The Balaban J connectivity index is 2.43. The Morgan fingerprint density at radius 1 is 1.24 bits per heavy atom. The lowest BCUT2D eigenvalue weighted by atomic mass is 10.0. The Morgan fingerprint density at radius 3 is 2.29 bits per heavy atom. The second kappa shape index (κ2) is 4.00. The first kappa shape index (κ1) is 11.9. The topological polar surface area (TPSA) is 52.6 Å². The highest BCUT2D eigenvalue weighted by atomic mass is 32.1. The van der Waals surface area contributed by atoms with Gasteiger partial charge in [-0.05, 0) is 34.9 Å². The molecule has 0 aromatic carbocycles. The second-order valence-electron chi connectivity index (χ2n) is 4.19. The van der Waals surface area contributed by atoms with Crippen molar-refractivity contribution < 1.29 is 19.1 Å². The van der Waals surface area contributed by atoms with Crippen molar-refractivity contribution >= 4 is 28.8 Å². The van der Waals surface area contributed by atoms with Crippen molar-refractivity contribution in [3.63, 3.8) is 0 Å². The summed E-state index contributed by atoms with van der Waals surface area (Å²) < 4.78 is 10.1. The molecule has 0 spiro atoms. The lowest BCUT2D eigenvalue weighted by molar-refractivity contribution is -0.222. The maximum atomic E-state index is 11.8. The van der Waals surface area contributed by atoms with Crippen molar-refractivity contribution in [2.24, 2.45) is 0 Å². The molecule has 0 unspecified atom stereocenters. The van der Waals surface area contributed by atoms with Crippen LogP contribution in [-0.2, 0) is 19.1 Å². The molecule has 1 aromatic rings. The van der Waals surface area contributed by atoms with Crippen molar-refractivity contribution in [1.29, 1.82) is 0 Å². The Kier molecular flexibility index (Phi) is 2.79. The van der Waals surface area contributed by atoms with Gasteiger partial charge in [0.15, 0.2) is 0 Å². The molecular formula is C12H12O4S. The van der Waals surface area contributed by atoms with Crippen LogP contribution < -0.4 is 0 Å². The van der Waals surface area contributed by atoms with E-state index < -0.39 is 17.7 Å². The molecule has 0 amide bonds. The highest BCUT2D eigenvalue weighted by molar-refractivity contribution is 7.08. The van der Waals surface area contributed by atoms with Crippen LogP contribution in [-0.4, -0.2) is 17.7 Å². The Morgan fingerprint density at radius 2 is 1.82 bits per heavy atom. The van der Waals surface area contributed by atoms with E-state index in [1.54, 1.807) is 6.92 Å². The molecule has 0 atom stereocenters. The van der Waals surface area contributed by atoms with Crippen LogP contribution in [0.4, 0.5) is 0 Å². The summed E-state index contributed by atoms with van der Waals surface area (Å²) in [6, 6.07) is 1.84. The lowest BCUT2D eigenvalue weighted by Gasteiger charge is -2.30. The van der Waals surface area contributed by atoms with Gasteiger partial charge in [0.2, 0.25) is 0 Å². The van der Waals surface area contributed by atoms with Gasteiger partial charge < -0.3 is 9.47 Å². The van der Waals surface area contributed by atoms with Crippen LogP contribution >= 0.6 is 11.3 Å². The Labute approximate surface area is 103 Å². The van der Waals surface area contributed by atoms with E-state index in [4.69, 9.17) is 9.47 Å². The lowest BCUT2D eigenvalue weighted by Crippen LogP contribution is -2.42. The van der Waals surface area contributed by atoms with Gasteiger partial charge in [0.1, 0.15) is 5.57 Å². The highest BCUT2D eigenvalue weighted by Gasteiger charge is 2.40. The number of cyclic esters (lactones) is 2. The van der Waals surface area contributed by atoms with Gasteiger partial charge >= 0.3 is 11.9 Å². The summed E-state index contributed by atoms with van der Waals surface area (Å²) in [6.07, 6.45) is 0. The van der Waals surface area contributed by atoms with Crippen LogP contribution in [0.2, 0.25) is 0 Å². The third-order valence-electron chi connectivity index (χ3n) is 2.41. The molecule has 17 heavy (non-hydrogen) atoms. The first-order valence-corrected chi connectivity index (χ1v) is 6.05. The summed E-state index contributed by atoms with van der Waals surface area (Å²) in [6.45, 7) is 4.76. The average molecular weight is 252 g/mol. The number of carbonyl (C=O) groups is 2. The molecule has 1 aromatic heterocycles. The third-order valence-corrected chi connectivity index (χ3v) is 3.10.